The van der Waals surface area contributed by atoms with E-state index >= 15 is 0 Å². The summed E-state index contributed by atoms with van der Waals surface area (Å²) in [6.07, 6.45) is 12.6. The van der Waals surface area contributed by atoms with Crippen molar-refractivity contribution < 1.29 is 19.3 Å². The van der Waals surface area contributed by atoms with Gasteiger partial charge in [0, 0.05) is 0 Å². The van der Waals surface area contributed by atoms with E-state index in [0.29, 0.717) is 37.1 Å². The van der Waals surface area contributed by atoms with Gasteiger partial charge in [-0.2, -0.15) is 0 Å². The molecule has 0 fully saturated rings. The van der Waals surface area contributed by atoms with Crippen molar-refractivity contribution in [3.63, 3.8) is 0 Å². The average molecular weight is 581 g/mol. The number of hydrogen-bond donors (Lipinski definition) is 1. The topological polar surface area (TPSA) is 47.9 Å². The first kappa shape index (κ1) is 32.0. The number of unbranched alkanes of at least 4 members (excludes halogenated alkanes) is 6. The molecule has 4 aromatic carbocycles. The zero-order valence-electron chi connectivity index (χ0n) is 25.6. The van der Waals surface area contributed by atoms with Gasteiger partial charge in [-0.15, -0.1) is 0 Å². The minimum atomic E-state index is 0.0959. The molecule has 0 bridgehead atoms. The summed E-state index contributed by atoms with van der Waals surface area (Å²) in [7, 11) is 0. The molecule has 0 radical (unpaired) electrons. The van der Waals surface area contributed by atoms with E-state index < -0.39 is 0 Å². The predicted molar refractivity (Wildman–Crippen MR) is 177 cm³/mol. The van der Waals surface area contributed by atoms with Crippen LogP contribution in [-0.4, -0.2) is 24.9 Å². The maximum absolute atomic E-state index is 10.7. The van der Waals surface area contributed by atoms with E-state index in [1.54, 1.807) is 12.1 Å². The summed E-state index contributed by atoms with van der Waals surface area (Å²) in [5.41, 5.74) is 4.11. The molecule has 0 heterocycles. The summed E-state index contributed by atoms with van der Waals surface area (Å²) in [5, 5.41) is 10.7. The molecular formula is C39H48O4. The zero-order chi connectivity index (χ0) is 29.8. The molecule has 4 heteroatoms. The fraction of sp³-hybridized carbons (Fsp3) is 0.385. The lowest BCUT2D eigenvalue weighted by Crippen LogP contribution is -2.06. The van der Waals surface area contributed by atoms with Gasteiger partial charge in [-0.05, 0) is 106 Å². The molecule has 0 saturated heterocycles. The molecule has 0 atom stereocenters. The zero-order valence-corrected chi connectivity index (χ0v) is 25.6. The lowest BCUT2D eigenvalue weighted by molar-refractivity contribution is 0.228. The Labute approximate surface area is 258 Å². The van der Waals surface area contributed by atoms with Crippen molar-refractivity contribution in [2.75, 3.05) is 19.8 Å². The molecule has 43 heavy (non-hydrogen) atoms. The van der Waals surface area contributed by atoms with Crippen molar-refractivity contribution in [2.45, 2.75) is 77.0 Å². The van der Waals surface area contributed by atoms with E-state index in [4.69, 9.17) is 14.2 Å². The third-order valence-corrected chi connectivity index (χ3v) is 7.66. The molecule has 0 spiro atoms. The van der Waals surface area contributed by atoms with Crippen LogP contribution in [0.4, 0.5) is 0 Å². The van der Waals surface area contributed by atoms with Crippen molar-refractivity contribution in [3.05, 3.63) is 120 Å². The first-order valence-electron chi connectivity index (χ1n) is 16.2. The van der Waals surface area contributed by atoms with Crippen LogP contribution in [0.1, 0.15) is 74.5 Å². The molecule has 4 aromatic rings. The highest BCUT2D eigenvalue weighted by Crippen LogP contribution is 2.44. The smallest absolute Gasteiger partial charge is 0.207 e. The van der Waals surface area contributed by atoms with Crippen LogP contribution in [0.25, 0.3) is 0 Å². The average Bonchev–Trinajstić information content (AvgIpc) is 3.05. The Kier molecular flexibility index (Phi) is 14.4. The number of benzene rings is 4. The van der Waals surface area contributed by atoms with E-state index in [2.05, 4.69) is 91.0 Å². The second-order valence-corrected chi connectivity index (χ2v) is 11.2. The molecule has 0 saturated carbocycles. The lowest BCUT2D eigenvalue weighted by Gasteiger charge is -2.18. The Bertz CT molecular complexity index is 1270. The molecule has 1 N–H and O–H groups in total. The first-order valence-corrected chi connectivity index (χ1v) is 16.2. The van der Waals surface area contributed by atoms with Gasteiger partial charge in [0.05, 0.1) is 19.8 Å². The highest BCUT2D eigenvalue weighted by molar-refractivity contribution is 5.58. The van der Waals surface area contributed by atoms with Gasteiger partial charge in [-0.3, -0.25) is 0 Å². The normalized spacial score (nSPS) is 10.9. The Morgan fingerprint density at radius 1 is 0.372 bits per heavy atom. The van der Waals surface area contributed by atoms with Gasteiger partial charge in [-0.25, -0.2) is 0 Å². The van der Waals surface area contributed by atoms with Gasteiger partial charge in [0.15, 0.2) is 11.5 Å². The van der Waals surface area contributed by atoms with Crippen molar-refractivity contribution in [2.24, 2.45) is 0 Å². The van der Waals surface area contributed by atoms with E-state index in [1.807, 2.05) is 0 Å². The largest absolute Gasteiger partial charge is 0.504 e. The molecule has 0 aromatic heterocycles. The summed E-state index contributed by atoms with van der Waals surface area (Å²) in [4.78, 5) is 0. The van der Waals surface area contributed by atoms with Crippen LogP contribution in [0.5, 0.6) is 23.0 Å². The number of aromatic hydroxyl groups is 1. The van der Waals surface area contributed by atoms with Crippen LogP contribution in [0.2, 0.25) is 0 Å². The fourth-order valence-electron chi connectivity index (χ4n) is 5.21. The Balaban J connectivity index is 1.25. The molecule has 0 unspecified atom stereocenters. The van der Waals surface area contributed by atoms with Gasteiger partial charge in [0.1, 0.15) is 0 Å². The third kappa shape index (κ3) is 12.1. The lowest BCUT2D eigenvalue weighted by atomic mass is 10.1. The number of aryl methyl sites for hydroxylation is 3. The van der Waals surface area contributed by atoms with Crippen molar-refractivity contribution in [3.8, 4) is 23.0 Å². The van der Waals surface area contributed by atoms with E-state index in [-0.39, 0.29) is 5.75 Å². The van der Waals surface area contributed by atoms with Crippen molar-refractivity contribution >= 4 is 0 Å². The summed E-state index contributed by atoms with van der Waals surface area (Å²) in [6.45, 7) is 1.68. The Hall–Kier alpha value is -3.92. The minimum Gasteiger partial charge on any atom is -0.504 e. The number of phenols is 1. The van der Waals surface area contributed by atoms with E-state index in [9.17, 15) is 5.11 Å². The predicted octanol–water partition coefficient (Wildman–Crippen LogP) is 9.77. The molecule has 0 aliphatic carbocycles. The summed E-state index contributed by atoms with van der Waals surface area (Å²) in [6, 6.07) is 35.3. The van der Waals surface area contributed by atoms with Gasteiger partial charge in [-0.1, -0.05) is 91.0 Å². The third-order valence-electron chi connectivity index (χ3n) is 7.66. The summed E-state index contributed by atoms with van der Waals surface area (Å²) in [5.74, 6) is 1.66. The quantitative estimate of drug-likeness (QED) is 0.0997. The Morgan fingerprint density at radius 2 is 0.767 bits per heavy atom. The molecular weight excluding hydrogens is 532 g/mol. The molecule has 228 valence electrons. The standard InChI is InChI=1S/C39H48O4/c40-36-28-29-37(41-30-16-4-13-25-33-19-7-1-8-20-33)39(43-32-18-6-15-27-35-23-11-3-12-24-35)38(36)42-31-17-5-14-26-34-21-9-2-10-22-34/h1-3,7-12,19-24,28-29,40H,4-6,13-18,25-27,30-32H2. The van der Waals surface area contributed by atoms with Gasteiger partial charge in [0.2, 0.25) is 11.5 Å². The summed E-state index contributed by atoms with van der Waals surface area (Å²) < 4.78 is 18.6. The first-order chi connectivity index (χ1) is 21.3. The second-order valence-electron chi connectivity index (χ2n) is 11.2. The van der Waals surface area contributed by atoms with Crippen LogP contribution >= 0.6 is 0 Å². The SMILES string of the molecule is Oc1ccc(OCCCCCc2ccccc2)c(OCCCCCc2ccccc2)c1OCCCCCc1ccccc1. The van der Waals surface area contributed by atoms with Gasteiger partial charge < -0.3 is 19.3 Å². The number of phenolic OH excluding ortho intramolecular Hbond substituents is 1. The van der Waals surface area contributed by atoms with Crippen LogP contribution in [0, 0.1) is 0 Å². The molecule has 4 rings (SSSR count). The molecule has 0 aliphatic heterocycles. The highest BCUT2D eigenvalue weighted by Gasteiger charge is 2.18. The molecule has 0 amide bonds. The maximum atomic E-state index is 10.7. The molecule has 4 nitrogen and oxygen atoms in total. The van der Waals surface area contributed by atoms with Crippen LogP contribution in [0.3, 0.4) is 0 Å². The van der Waals surface area contributed by atoms with Gasteiger partial charge >= 0.3 is 0 Å². The highest BCUT2D eigenvalue weighted by atomic mass is 16.5. The number of ether oxygens (including phenoxy) is 3. The maximum Gasteiger partial charge on any atom is 0.207 e. The monoisotopic (exact) mass is 580 g/mol. The number of rotatable bonds is 21. The summed E-state index contributed by atoms with van der Waals surface area (Å²) >= 11 is 0. The Morgan fingerprint density at radius 3 is 1.21 bits per heavy atom. The van der Waals surface area contributed by atoms with E-state index in [0.717, 1.165) is 77.0 Å². The van der Waals surface area contributed by atoms with Crippen LogP contribution in [0.15, 0.2) is 103 Å². The molecule has 0 aliphatic rings. The van der Waals surface area contributed by atoms with Crippen LogP contribution in [-0.2, 0) is 19.3 Å². The second kappa shape index (κ2) is 19.3. The number of hydrogen-bond acceptors (Lipinski definition) is 4. The minimum absolute atomic E-state index is 0.0959. The van der Waals surface area contributed by atoms with Crippen molar-refractivity contribution in [1.82, 2.24) is 0 Å². The van der Waals surface area contributed by atoms with Crippen LogP contribution < -0.4 is 14.2 Å². The fourth-order valence-corrected chi connectivity index (χ4v) is 5.21. The van der Waals surface area contributed by atoms with Crippen molar-refractivity contribution in [1.29, 1.82) is 0 Å². The van der Waals surface area contributed by atoms with E-state index in [1.165, 1.54) is 16.7 Å². The van der Waals surface area contributed by atoms with Gasteiger partial charge in [0.25, 0.3) is 0 Å².